The molecular weight excluding hydrogens is 1460 g/mol. The van der Waals surface area contributed by atoms with E-state index in [1.165, 1.54) is 0 Å². The van der Waals surface area contributed by atoms with Gasteiger partial charge in [-0.25, -0.2) is 0 Å². The maximum atomic E-state index is 2.62. The van der Waals surface area contributed by atoms with Gasteiger partial charge in [0.2, 0.25) is 0 Å². The first-order valence-corrected chi connectivity index (χ1v) is 15.2. The van der Waals surface area contributed by atoms with Gasteiger partial charge < -0.3 is 0 Å². The molecule has 0 aliphatic rings. The van der Waals surface area contributed by atoms with Crippen molar-refractivity contribution in [1.82, 2.24) is 0 Å². The molecule has 0 unspecified atom stereocenters. The predicted octanol–water partition coefficient (Wildman–Crippen LogP) is 8.84. The highest BCUT2D eigenvalue weighted by Gasteiger charge is 2.59. The molecule has 0 spiro atoms. The summed E-state index contributed by atoms with van der Waals surface area (Å²) < 4.78 is 1.34. The molecule has 0 fully saturated rings. The van der Waals surface area contributed by atoms with Gasteiger partial charge in [0.15, 0.2) is 0 Å². The smallest absolute Gasteiger partial charge is 0.0778 e. The second-order valence-corrected chi connectivity index (χ2v) is 36.9. The van der Waals surface area contributed by atoms with Gasteiger partial charge in [-0.15, -0.1) is 0 Å². The normalized spacial score (nSPS) is 15.8. The highest BCUT2D eigenvalue weighted by Crippen LogP contribution is 2.67. The van der Waals surface area contributed by atoms with Crippen LogP contribution in [0.3, 0.4) is 0 Å². The molecule has 0 saturated heterocycles. The van der Waals surface area contributed by atoms with E-state index in [1.807, 2.05) is 0 Å². The lowest BCUT2D eigenvalue weighted by Crippen LogP contribution is -2.50. The van der Waals surface area contributed by atoms with Gasteiger partial charge in [0, 0.05) is 0 Å². The molecule has 0 aromatic carbocycles. The van der Waals surface area contributed by atoms with Gasteiger partial charge in [0.25, 0.3) is 0 Å². The topological polar surface area (TPSA) is 0 Å². The summed E-state index contributed by atoms with van der Waals surface area (Å²) in [5.74, 6) is 0. The summed E-state index contributed by atoms with van der Waals surface area (Å²) in [4.78, 5) is 0. The fourth-order valence-corrected chi connectivity index (χ4v) is 11.1. The van der Waals surface area contributed by atoms with Crippen LogP contribution < -0.4 is 0 Å². The van der Waals surface area contributed by atoms with Gasteiger partial charge in [-0.2, -0.15) is 0 Å². The van der Waals surface area contributed by atoms with Crippen LogP contribution in [0.5, 0.6) is 0 Å². The molecule has 98 valence electrons. The lowest BCUT2D eigenvalue weighted by atomic mass is 10.3. The number of hydrogen-bond acceptors (Lipinski definition) is 0. The zero-order valence-corrected chi connectivity index (χ0v) is 30.5. The summed E-state index contributed by atoms with van der Waals surface area (Å²) in [5.41, 5.74) is 0. The monoisotopic (exact) mass is 1460 g/mol. The van der Waals surface area contributed by atoms with Crippen molar-refractivity contribution >= 4 is 248 Å². The van der Waals surface area contributed by atoms with Crippen molar-refractivity contribution in [2.75, 3.05) is 0 Å². The van der Waals surface area contributed by atoms with Gasteiger partial charge in [-0.3, -0.25) is 0 Å². The number of hydrogen-bond donors (Lipinski definition) is 0. The Morgan fingerprint density at radius 1 is 0.500 bits per heavy atom. The fraction of sp³-hybridized carbons (Fsp3) is 1.00. The third-order valence-electron chi connectivity index (χ3n) is 1.39. The first kappa shape index (κ1) is 24.0. The van der Waals surface area contributed by atoms with Crippen LogP contribution in [0.2, 0.25) is 0 Å². The Labute approximate surface area is 246 Å². The van der Waals surface area contributed by atoms with E-state index in [-0.39, 0.29) is 1.73 Å². The molecule has 0 aliphatic carbocycles. The molecule has 0 aliphatic heterocycles. The Morgan fingerprint density at radius 3 is 0.812 bits per heavy atom. The maximum absolute atomic E-state index is 2.62. The van der Waals surface area contributed by atoms with Crippen molar-refractivity contribution in [1.29, 1.82) is 0 Å². The van der Waals surface area contributed by atoms with E-state index in [0.29, 0.717) is 3.92 Å². The van der Waals surface area contributed by atoms with Crippen molar-refractivity contribution in [2.24, 2.45) is 0 Å². The van der Waals surface area contributed by atoms with Crippen molar-refractivity contribution in [3.63, 3.8) is 0 Å². The summed E-state index contributed by atoms with van der Waals surface area (Å²) in [5, 5.41) is 0. The summed E-state index contributed by atoms with van der Waals surface area (Å²) >= 11 is 28.3. The predicted molar refractivity (Wildman–Crippen MR) is 169 cm³/mol. The maximum Gasteiger partial charge on any atom is 0.148 e. The van der Waals surface area contributed by atoms with Crippen molar-refractivity contribution < 1.29 is 0 Å². The number of halogens is 11. The largest absolute Gasteiger partial charge is 0.148 e. The van der Waals surface area contributed by atoms with Crippen LogP contribution in [0, 0.1) is 0 Å². The Bertz CT molecular complexity index is 218. The fourth-order valence-electron chi connectivity index (χ4n) is 0.515. The molecule has 0 atom stereocenters. The van der Waals surface area contributed by atoms with Crippen LogP contribution in [0.4, 0.5) is 0 Å². The molecule has 0 bridgehead atoms. The van der Waals surface area contributed by atoms with Crippen LogP contribution in [0.25, 0.3) is 0 Å². The second kappa shape index (κ2) is 9.11. The third kappa shape index (κ3) is 6.74. The summed E-state index contributed by atoms with van der Waals surface area (Å²) in [6.45, 7) is 0. The lowest BCUT2D eigenvalue weighted by Gasteiger charge is -2.44. The SMILES string of the molecule is IC(C(I)(I)C(I)(I)I)C(I)(I)C(I)(I)I. The molecular formula is C5HI11. The Morgan fingerprint density at radius 2 is 0.688 bits per heavy atom. The number of rotatable bonds is 4. The summed E-state index contributed by atoms with van der Waals surface area (Å²) in [7, 11) is 0. The molecule has 16 heavy (non-hydrogen) atoms. The quantitative estimate of drug-likeness (QED) is 0.195. The molecule has 0 rings (SSSR count). The zero-order valence-electron chi connectivity index (χ0n) is 6.73. The van der Waals surface area contributed by atoms with E-state index < -0.39 is 0 Å². The highest BCUT2D eigenvalue weighted by atomic mass is 127. The molecule has 0 amide bonds. The van der Waals surface area contributed by atoms with E-state index in [0.717, 1.165) is 0 Å². The summed E-state index contributed by atoms with van der Waals surface area (Å²) in [6.07, 6.45) is 0. The van der Waals surface area contributed by atoms with Crippen LogP contribution in [-0.4, -0.2) is 5.65 Å². The van der Waals surface area contributed by atoms with Crippen LogP contribution in [0.15, 0.2) is 0 Å². The average molecular weight is 1460 g/mol. The Hall–Kier alpha value is 8.03. The molecule has 0 N–H and O–H groups in total. The van der Waals surface area contributed by atoms with Gasteiger partial charge in [0.05, 0.1) is 3.92 Å². The van der Waals surface area contributed by atoms with Gasteiger partial charge in [0.1, 0.15) is 1.73 Å². The van der Waals surface area contributed by atoms with E-state index in [9.17, 15) is 0 Å². The zero-order chi connectivity index (χ0) is 13.6. The minimum atomic E-state index is 0.194. The van der Waals surface area contributed by atoms with Crippen molar-refractivity contribution in [2.45, 2.75) is 5.65 Å². The van der Waals surface area contributed by atoms with Crippen LogP contribution in [0.1, 0.15) is 0 Å². The van der Waals surface area contributed by atoms with Crippen molar-refractivity contribution in [3.05, 3.63) is 0 Å². The molecule has 0 nitrogen and oxygen atoms in total. The first-order valence-electron chi connectivity index (χ1n) is 3.19. The van der Waals surface area contributed by atoms with E-state index >= 15 is 0 Å². The molecule has 0 aromatic heterocycles. The van der Waals surface area contributed by atoms with E-state index in [4.69, 9.17) is 0 Å². The number of alkyl halides is 11. The lowest BCUT2D eigenvalue weighted by molar-refractivity contribution is 0.859. The molecule has 11 heteroatoms. The molecule has 0 aromatic rings. The van der Waals surface area contributed by atoms with Crippen molar-refractivity contribution in [3.8, 4) is 0 Å². The van der Waals surface area contributed by atoms with Crippen LogP contribution in [-0.2, 0) is 0 Å². The summed E-state index contributed by atoms with van der Waals surface area (Å²) in [6, 6.07) is 0. The highest BCUT2D eigenvalue weighted by molar-refractivity contribution is 14.3. The average Bonchev–Trinajstić information content (AvgIpc) is 1.98. The third-order valence-corrected chi connectivity index (χ3v) is 31.2. The first-order chi connectivity index (χ1) is 6.65. The standard InChI is InChI=1S/C5HI11/c6-1(2(7,8)4(11,12)13)3(9,10)5(14,15)16/h1H. The minimum Gasteiger partial charge on any atom is -0.0778 e. The molecule has 0 heterocycles. The van der Waals surface area contributed by atoms with Gasteiger partial charge >= 0.3 is 0 Å². The second-order valence-electron chi connectivity index (χ2n) is 2.60. The van der Waals surface area contributed by atoms with Gasteiger partial charge in [-0.1, -0.05) is 248 Å². The molecule has 0 saturated carbocycles. The minimum absolute atomic E-state index is 0.194. The van der Waals surface area contributed by atoms with Gasteiger partial charge in [-0.05, 0) is 0 Å². The van der Waals surface area contributed by atoms with Crippen LogP contribution >= 0.6 is 248 Å². The van der Waals surface area contributed by atoms with E-state index in [1.54, 1.807) is 0 Å². The molecule has 0 radical (unpaired) electrons. The Balaban J connectivity index is 5.30. The Kier molecular flexibility index (Phi) is 13.7. The van der Waals surface area contributed by atoms with E-state index in [2.05, 4.69) is 248 Å².